The first-order chi connectivity index (χ1) is 14.6. The molecule has 4 rings (SSSR count). The molecule has 1 saturated heterocycles. The van der Waals surface area contributed by atoms with E-state index >= 15 is 0 Å². The smallest absolute Gasteiger partial charge is 0.240 e. The normalized spacial score (nSPS) is 15.4. The van der Waals surface area contributed by atoms with Crippen molar-refractivity contribution in [3.8, 4) is 0 Å². The molecule has 8 heteroatoms. The summed E-state index contributed by atoms with van der Waals surface area (Å²) in [6, 6.07) is 12.4. The number of amides is 1. The number of hydrogen-bond acceptors (Lipinski definition) is 6. The summed E-state index contributed by atoms with van der Waals surface area (Å²) in [6.07, 6.45) is 0. The molecule has 0 radical (unpaired) electrons. The van der Waals surface area contributed by atoms with Crippen molar-refractivity contribution in [3.05, 3.63) is 53.8 Å². The number of likely N-dealkylation sites (N-methyl/N-ethyl adjacent to an activating group) is 1. The fraction of sp³-hybridized carbons (Fsp3) is 0.364. The third kappa shape index (κ3) is 5.33. The van der Waals surface area contributed by atoms with E-state index < -0.39 is 0 Å². The summed E-state index contributed by atoms with van der Waals surface area (Å²) in [5.41, 5.74) is 2.83. The fourth-order valence-electron chi connectivity index (χ4n) is 3.52. The first-order valence-electron chi connectivity index (χ1n) is 10.2. The highest BCUT2D eigenvalue weighted by Crippen LogP contribution is 2.28. The van der Waals surface area contributed by atoms with Crippen LogP contribution in [0.1, 0.15) is 12.5 Å². The number of anilines is 2. The van der Waals surface area contributed by atoms with Crippen molar-refractivity contribution in [2.75, 3.05) is 49.9 Å². The summed E-state index contributed by atoms with van der Waals surface area (Å²) < 4.78 is 14.0. The predicted molar refractivity (Wildman–Crippen MR) is 121 cm³/mol. The van der Waals surface area contributed by atoms with Gasteiger partial charge in [-0.05, 0) is 42.4 Å². The summed E-state index contributed by atoms with van der Waals surface area (Å²) in [5, 5.41) is 6.91. The van der Waals surface area contributed by atoms with Crippen LogP contribution in [0.4, 0.5) is 15.2 Å². The van der Waals surface area contributed by atoms with Crippen molar-refractivity contribution in [1.29, 1.82) is 0 Å². The number of carbonyl (C=O) groups excluding carboxylic acids is 1. The van der Waals surface area contributed by atoms with Gasteiger partial charge in [0.15, 0.2) is 5.13 Å². The number of aromatic nitrogens is 1. The Morgan fingerprint density at radius 3 is 2.57 bits per heavy atom. The maximum absolute atomic E-state index is 13.0. The van der Waals surface area contributed by atoms with Crippen LogP contribution in [0.3, 0.4) is 0 Å². The van der Waals surface area contributed by atoms with Crippen LogP contribution >= 0.6 is 11.3 Å². The minimum atomic E-state index is -0.234. The second kappa shape index (κ2) is 9.51. The lowest BCUT2D eigenvalue weighted by atomic mass is 10.2. The van der Waals surface area contributed by atoms with Gasteiger partial charge in [0.25, 0.3) is 0 Å². The monoisotopic (exact) mass is 427 g/mol. The third-order valence-corrected chi connectivity index (χ3v) is 6.26. The first-order valence-corrected chi connectivity index (χ1v) is 11.0. The highest BCUT2D eigenvalue weighted by molar-refractivity contribution is 7.22. The lowest BCUT2D eigenvalue weighted by Crippen LogP contribution is -2.48. The molecule has 0 spiro atoms. The van der Waals surface area contributed by atoms with Crippen LogP contribution in [0.25, 0.3) is 10.2 Å². The van der Waals surface area contributed by atoms with E-state index in [4.69, 9.17) is 0 Å². The number of nitrogens with one attached hydrogen (secondary N) is 2. The molecule has 158 valence electrons. The molecule has 1 aromatic heterocycles. The van der Waals surface area contributed by atoms with Crippen molar-refractivity contribution in [2.24, 2.45) is 0 Å². The molecule has 0 saturated carbocycles. The maximum atomic E-state index is 13.0. The van der Waals surface area contributed by atoms with Gasteiger partial charge in [-0.15, -0.1) is 0 Å². The molecule has 2 aromatic carbocycles. The number of thiazole rings is 1. The van der Waals surface area contributed by atoms with Gasteiger partial charge in [-0.1, -0.05) is 30.4 Å². The van der Waals surface area contributed by atoms with Crippen LogP contribution in [-0.2, 0) is 11.3 Å². The number of rotatable bonds is 7. The topological polar surface area (TPSA) is 60.5 Å². The molecule has 1 aliphatic heterocycles. The molecule has 0 unspecified atom stereocenters. The molecule has 6 nitrogen and oxygen atoms in total. The molecular formula is C22H26FN5OS. The van der Waals surface area contributed by atoms with Crippen molar-refractivity contribution in [2.45, 2.75) is 13.5 Å². The van der Waals surface area contributed by atoms with E-state index in [0.29, 0.717) is 18.2 Å². The average molecular weight is 428 g/mol. The summed E-state index contributed by atoms with van der Waals surface area (Å²) >= 11 is 1.47. The minimum absolute atomic E-state index is 0.0198. The maximum Gasteiger partial charge on any atom is 0.240 e. The van der Waals surface area contributed by atoms with Crippen molar-refractivity contribution >= 4 is 38.3 Å². The van der Waals surface area contributed by atoms with Gasteiger partial charge < -0.3 is 15.5 Å². The number of fused-ring (bicyclic) bond motifs is 1. The number of nitrogens with zero attached hydrogens (tertiary/aromatic N) is 3. The lowest BCUT2D eigenvalue weighted by molar-refractivity contribution is -0.117. The number of piperazine rings is 1. The molecule has 1 fully saturated rings. The molecule has 0 atom stereocenters. The molecule has 2 heterocycles. The largest absolute Gasteiger partial charge is 0.381 e. The van der Waals surface area contributed by atoms with Gasteiger partial charge in [-0.3, -0.25) is 9.69 Å². The summed E-state index contributed by atoms with van der Waals surface area (Å²) in [4.78, 5) is 21.5. The zero-order valence-corrected chi connectivity index (χ0v) is 17.8. The van der Waals surface area contributed by atoms with E-state index in [1.807, 2.05) is 18.2 Å². The van der Waals surface area contributed by atoms with E-state index in [-0.39, 0.29) is 11.7 Å². The Bertz CT molecular complexity index is 998. The third-order valence-electron chi connectivity index (χ3n) is 5.32. The van der Waals surface area contributed by atoms with Crippen LogP contribution in [0.2, 0.25) is 0 Å². The molecule has 3 aromatic rings. The van der Waals surface area contributed by atoms with Crippen LogP contribution in [-0.4, -0.2) is 60.0 Å². The average Bonchev–Trinajstić information content (AvgIpc) is 3.15. The number of carbonyl (C=O) groups is 1. The van der Waals surface area contributed by atoms with E-state index in [1.54, 1.807) is 12.1 Å². The van der Waals surface area contributed by atoms with Crippen molar-refractivity contribution in [3.63, 3.8) is 0 Å². The van der Waals surface area contributed by atoms with Gasteiger partial charge >= 0.3 is 0 Å². The highest BCUT2D eigenvalue weighted by atomic mass is 32.1. The van der Waals surface area contributed by atoms with Crippen LogP contribution in [0.5, 0.6) is 0 Å². The number of halogens is 1. The summed E-state index contributed by atoms with van der Waals surface area (Å²) in [5.74, 6) is -0.253. The zero-order chi connectivity index (χ0) is 20.9. The van der Waals surface area contributed by atoms with Crippen LogP contribution in [0, 0.1) is 5.82 Å². The molecule has 2 N–H and O–H groups in total. The molecule has 0 bridgehead atoms. The van der Waals surface area contributed by atoms with Crippen molar-refractivity contribution in [1.82, 2.24) is 14.8 Å². The predicted octanol–water partition coefficient (Wildman–Crippen LogP) is 3.62. The molecule has 1 amide bonds. The molecular weight excluding hydrogens is 401 g/mol. The summed E-state index contributed by atoms with van der Waals surface area (Å²) in [7, 11) is 0. The standard InChI is InChI=1S/C22H26FN5OS/c1-2-27-9-11-28(12-10-27)15-21(29)26-22-25-19-8-7-18(13-20(19)30-22)24-14-16-3-5-17(23)6-4-16/h3-8,13,24H,2,9-12,14-15H2,1H3,(H,25,26,29). The second-order valence-electron chi connectivity index (χ2n) is 7.44. The Morgan fingerprint density at radius 1 is 1.10 bits per heavy atom. The van der Waals surface area contributed by atoms with Gasteiger partial charge in [-0.25, -0.2) is 9.37 Å². The van der Waals surface area contributed by atoms with E-state index in [0.717, 1.165) is 54.2 Å². The zero-order valence-electron chi connectivity index (χ0n) is 17.0. The number of benzene rings is 2. The van der Waals surface area contributed by atoms with Gasteiger partial charge in [0.2, 0.25) is 5.91 Å². The van der Waals surface area contributed by atoms with Gasteiger partial charge in [0, 0.05) is 38.4 Å². The van der Waals surface area contributed by atoms with Crippen molar-refractivity contribution < 1.29 is 9.18 Å². The lowest BCUT2D eigenvalue weighted by Gasteiger charge is -2.33. The van der Waals surface area contributed by atoms with E-state index in [1.165, 1.54) is 23.5 Å². The molecule has 30 heavy (non-hydrogen) atoms. The SMILES string of the molecule is CCN1CCN(CC(=O)Nc2nc3ccc(NCc4ccc(F)cc4)cc3s2)CC1. The van der Waals surface area contributed by atoms with Crippen LogP contribution < -0.4 is 10.6 Å². The van der Waals surface area contributed by atoms with Gasteiger partial charge in [0.1, 0.15) is 5.82 Å². The molecule has 1 aliphatic rings. The van der Waals surface area contributed by atoms with Crippen LogP contribution in [0.15, 0.2) is 42.5 Å². The Hall–Kier alpha value is -2.55. The molecule has 0 aliphatic carbocycles. The Balaban J connectivity index is 1.33. The number of hydrogen-bond donors (Lipinski definition) is 2. The van der Waals surface area contributed by atoms with E-state index in [2.05, 4.69) is 32.3 Å². The minimum Gasteiger partial charge on any atom is -0.381 e. The first kappa shape index (κ1) is 20.7. The fourth-order valence-corrected chi connectivity index (χ4v) is 4.44. The Labute approximate surface area is 179 Å². The van der Waals surface area contributed by atoms with Gasteiger partial charge in [-0.2, -0.15) is 0 Å². The quantitative estimate of drug-likeness (QED) is 0.603. The highest BCUT2D eigenvalue weighted by Gasteiger charge is 2.18. The summed E-state index contributed by atoms with van der Waals surface area (Å²) in [6.45, 7) is 8.11. The second-order valence-corrected chi connectivity index (χ2v) is 8.47. The van der Waals surface area contributed by atoms with E-state index in [9.17, 15) is 9.18 Å². The van der Waals surface area contributed by atoms with Gasteiger partial charge in [0.05, 0.1) is 16.8 Å². The Kier molecular flexibility index (Phi) is 6.56. The Morgan fingerprint density at radius 2 is 1.83 bits per heavy atom.